The summed E-state index contributed by atoms with van der Waals surface area (Å²) in [6.45, 7) is 1.60. The smallest absolute Gasteiger partial charge is 0.309 e. The Bertz CT molecular complexity index is 820. The van der Waals surface area contributed by atoms with E-state index in [-0.39, 0.29) is 24.4 Å². The predicted octanol–water partition coefficient (Wildman–Crippen LogP) is 3.08. The third kappa shape index (κ3) is 4.47. The first-order valence-corrected chi connectivity index (χ1v) is 8.46. The van der Waals surface area contributed by atoms with Crippen LogP contribution in [0.25, 0.3) is 0 Å². The number of esters is 1. The quantitative estimate of drug-likeness (QED) is 0.783. The van der Waals surface area contributed by atoms with Crippen LogP contribution in [0.4, 0.5) is 11.4 Å². The van der Waals surface area contributed by atoms with E-state index in [1.807, 2.05) is 25.1 Å². The second-order valence-corrected chi connectivity index (χ2v) is 6.34. The highest BCUT2D eigenvalue weighted by Crippen LogP contribution is 2.38. The Balaban J connectivity index is 1.60. The standard InChI is InChI=1S/C20H20N2O4/c1-13-11-16(13)20(25)26-12-18(23)22-17-10-6-5-9-15(17)19(24)21-14-7-3-2-4-8-14/h2-10,13,16H,11-12H2,1H3,(H,21,24)(H,22,23)/t13-,16+/m1/s1. The van der Waals surface area contributed by atoms with Crippen molar-refractivity contribution in [2.75, 3.05) is 17.2 Å². The molecule has 2 aromatic rings. The molecule has 2 N–H and O–H groups in total. The van der Waals surface area contributed by atoms with E-state index in [4.69, 9.17) is 4.74 Å². The van der Waals surface area contributed by atoms with Crippen molar-refractivity contribution in [3.05, 3.63) is 60.2 Å². The maximum Gasteiger partial charge on any atom is 0.309 e. The number of hydrogen-bond acceptors (Lipinski definition) is 4. The molecular weight excluding hydrogens is 332 g/mol. The lowest BCUT2D eigenvalue weighted by molar-refractivity contribution is -0.148. The Morgan fingerprint density at radius 1 is 1.00 bits per heavy atom. The number of carbonyl (C=O) groups excluding carboxylic acids is 3. The summed E-state index contributed by atoms with van der Waals surface area (Å²) in [5.41, 5.74) is 1.35. The van der Waals surface area contributed by atoms with Crippen molar-refractivity contribution in [3.63, 3.8) is 0 Å². The van der Waals surface area contributed by atoms with Gasteiger partial charge in [-0.2, -0.15) is 0 Å². The molecule has 1 aliphatic rings. The lowest BCUT2D eigenvalue weighted by Crippen LogP contribution is -2.23. The first-order valence-electron chi connectivity index (χ1n) is 8.46. The molecule has 2 amide bonds. The molecule has 1 aliphatic carbocycles. The zero-order valence-corrected chi connectivity index (χ0v) is 14.4. The van der Waals surface area contributed by atoms with Crippen molar-refractivity contribution in [1.29, 1.82) is 0 Å². The highest BCUT2D eigenvalue weighted by atomic mass is 16.5. The minimum absolute atomic E-state index is 0.0910. The van der Waals surface area contributed by atoms with Gasteiger partial charge < -0.3 is 15.4 Å². The van der Waals surface area contributed by atoms with E-state index in [0.29, 0.717) is 22.9 Å². The fourth-order valence-corrected chi connectivity index (χ4v) is 2.59. The van der Waals surface area contributed by atoms with Crippen molar-refractivity contribution in [2.24, 2.45) is 11.8 Å². The summed E-state index contributed by atoms with van der Waals surface area (Å²) in [7, 11) is 0. The minimum Gasteiger partial charge on any atom is -0.455 e. The number of amides is 2. The number of hydrogen-bond donors (Lipinski definition) is 2. The van der Waals surface area contributed by atoms with E-state index in [9.17, 15) is 14.4 Å². The van der Waals surface area contributed by atoms with E-state index in [1.54, 1.807) is 36.4 Å². The van der Waals surface area contributed by atoms with Gasteiger partial charge in [0, 0.05) is 5.69 Å². The first kappa shape index (κ1) is 17.7. The largest absolute Gasteiger partial charge is 0.455 e. The molecule has 26 heavy (non-hydrogen) atoms. The van der Waals surface area contributed by atoms with Gasteiger partial charge in [0.25, 0.3) is 11.8 Å². The van der Waals surface area contributed by atoms with Gasteiger partial charge in [-0.15, -0.1) is 0 Å². The number of nitrogens with one attached hydrogen (secondary N) is 2. The number of carbonyl (C=O) groups is 3. The molecule has 134 valence electrons. The van der Waals surface area contributed by atoms with Crippen LogP contribution in [-0.4, -0.2) is 24.4 Å². The molecule has 0 radical (unpaired) electrons. The molecule has 6 nitrogen and oxygen atoms in total. The zero-order chi connectivity index (χ0) is 18.5. The number of ether oxygens (including phenoxy) is 1. The molecule has 2 atom stereocenters. The third-order valence-electron chi connectivity index (χ3n) is 4.24. The highest BCUT2D eigenvalue weighted by Gasteiger charge is 2.40. The van der Waals surface area contributed by atoms with E-state index in [2.05, 4.69) is 10.6 Å². The Hall–Kier alpha value is -3.15. The van der Waals surface area contributed by atoms with Crippen LogP contribution in [0.1, 0.15) is 23.7 Å². The van der Waals surface area contributed by atoms with Crippen LogP contribution in [0.3, 0.4) is 0 Å². The van der Waals surface area contributed by atoms with Crippen LogP contribution in [0.5, 0.6) is 0 Å². The molecule has 0 heterocycles. The number of rotatable bonds is 6. The zero-order valence-electron chi connectivity index (χ0n) is 14.4. The van der Waals surface area contributed by atoms with E-state index < -0.39 is 5.91 Å². The maximum absolute atomic E-state index is 12.5. The fraction of sp³-hybridized carbons (Fsp3) is 0.250. The van der Waals surface area contributed by atoms with E-state index in [0.717, 1.165) is 6.42 Å². The Kier molecular flexibility index (Phi) is 5.31. The molecule has 2 aromatic carbocycles. The van der Waals surface area contributed by atoms with Gasteiger partial charge in [-0.25, -0.2) is 0 Å². The lowest BCUT2D eigenvalue weighted by atomic mass is 10.1. The van der Waals surface area contributed by atoms with Crippen LogP contribution in [-0.2, 0) is 14.3 Å². The van der Waals surface area contributed by atoms with Crippen LogP contribution >= 0.6 is 0 Å². The van der Waals surface area contributed by atoms with Crippen molar-refractivity contribution in [2.45, 2.75) is 13.3 Å². The highest BCUT2D eigenvalue weighted by molar-refractivity contribution is 6.10. The van der Waals surface area contributed by atoms with Crippen molar-refractivity contribution >= 4 is 29.2 Å². The summed E-state index contributed by atoms with van der Waals surface area (Å²) in [6, 6.07) is 15.7. The Labute approximate surface area is 151 Å². The van der Waals surface area contributed by atoms with Gasteiger partial charge in [-0.05, 0) is 36.6 Å². The van der Waals surface area contributed by atoms with Gasteiger partial charge in [0.15, 0.2) is 6.61 Å². The molecule has 0 aliphatic heterocycles. The van der Waals surface area contributed by atoms with E-state index in [1.165, 1.54) is 0 Å². The predicted molar refractivity (Wildman–Crippen MR) is 97.7 cm³/mol. The average molecular weight is 352 g/mol. The van der Waals surface area contributed by atoms with Crippen LogP contribution in [0, 0.1) is 11.8 Å². The summed E-state index contributed by atoms with van der Waals surface area (Å²) in [5, 5.41) is 5.40. The Morgan fingerprint density at radius 2 is 1.65 bits per heavy atom. The van der Waals surface area contributed by atoms with Gasteiger partial charge in [0.1, 0.15) is 0 Å². The second kappa shape index (κ2) is 7.82. The monoisotopic (exact) mass is 352 g/mol. The number of benzene rings is 2. The van der Waals surface area contributed by atoms with Gasteiger partial charge in [0.2, 0.25) is 0 Å². The molecular formula is C20H20N2O4. The molecule has 1 fully saturated rings. The molecule has 0 bridgehead atoms. The molecule has 0 spiro atoms. The van der Waals surface area contributed by atoms with Crippen LogP contribution < -0.4 is 10.6 Å². The van der Waals surface area contributed by atoms with Gasteiger partial charge in [-0.1, -0.05) is 37.3 Å². The normalized spacial score (nSPS) is 17.9. The number of anilines is 2. The maximum atomic E-state index is 12.5. The molecule has 0 aromatic heterocycles. The SMILES string of the molecule is C[C@@H]1C[C@@H]1C(=O)OCC(=O)Nc1ccccc1C(=O)Nc1ccccc1. The first-order chi connectivity index (χ1) is 12.5. The van der Waals surface area contributed by atoms with Crippen LogP contribution in [0.15, 0.2) is 54.6 Å². The van der Waals surface area contributed by atoms with Gasteiger partial charge in [0.05, 0.1) is 17.2 Å². The van der Waals surface area contributed by atoms with Crippen molar-refractivity contribution in [3.8, 4) is 0 Å². The average Bonchev–Trinajstić information content (AvgIpc) is 3.38. The van der Waals surface area contributed by atoms with Crippen LogP contribution in [0.2, 0.25) is 0 Å². The summed E-state index contributed by atoms with van der Waals surface area (Å²) in [4.78, 5) is 36.2. The Morgan fingerprint density at radius 3 is 2.35 bits per heavy atom. The molecule has 0 saturated heterocycles. The van der Waals surface area contributed by atoms with E-state index >= 15 is 0 Å². The number of para-hydroxylation sites is 2. The molecule has 6 heteroatoms. The topological polar surface area (TPSA) is 84.5 Å². The van der Waals surface area contributed by atoms with Gasteiger partial charge >= 0.3 is 5.97 Å². The fourth-order valence-electron chi connectivity index (χ4n) is 2.59. The molecule has 0 unspecified atom stereocenters. The summed E-state index contributed by atoms with van der Waals surface area (Å²) >= 11 is 0. The van der Waals surface area contributed by atoms with Crippen molar-refractivity contribution < 1.29 is 19.1 Å². The third-order valence-corrected chi connectivity index (χ3v) is 4.24. The van der Waals surface area contributed by atoms with Gasteiger partial charge in [-0.3, -0.25) is 14.4 Å². The minimum atomic E-state index is -0.480. The summed E-state index contributed by atoms with van der Waals surface area (Å²) < 4.78 is 5.01. The molecule has 3 rings (SSSR count). The summed E-state index contributed by atoms with van der Waals surface area (Å²) in [6.07, 6.45) is 0.808. The second-order valence-electron chi connectivity index (χ2n) is 6.34. The molecule has 1 saturated carbocycles. The van der Waals surface area contributed by atoms with Crippen molar-refractivity contribution in [1.82, 2.24) is 0 Å². The lowest BCUT2D eigenvalue weighted by Gasteiger charge is -2.11. The summed E-state index contributed by atoms with van der Waals surface area (Å²) in [5.74, 6) is -0.926.